The van der Waals surface area contributed by atoms with Crippen molar-refractivity contribution in [1.29, 1.82) is 0 Å². The van der Waals surface area contributed by atoms with Gasteiger partial charge in [-0.15, -0.1) is 0 Å². The first kappa shape index (κ1) is 12.8. The Hall–Kier alpha value is -0.600. The van der Waals surface area contributed by atoms with Crippen LogP contribution in [0.15, 0.2) is 18.2 Å². The third kappa shape index (κ3) is 4.29. The maximum absolute atomic E-state index is 13.3. The summed E-state index contributed by atoms with van der Waals surface area (Å²) < 4.78 is 13.3. The minimum Gasteiger partial charge on any atom is -0.314 e. The lowest BCUT2D eigenvalue weighted by atomic mass is 9.98. The van der Waals surface area contributed by atoms with E-state index in [0.717, 1.165) is 31.0 Å². The molecule has 0 bridgehead atoms. The topological polar surface area (TPSA) is 12.0 Å². The monoisotopic (exact) mass is 255 g/mol. The normalized spacial score (nSPS) is 17.1. The smallest absolute Gasteiger partial charge is 0.142 e. The van der Waals surface area contributed by atoms with Gasteiger partial charge in [0.2, 0.25) is 0 Å². The molecular weight excluding hydrogens is 237 g/mol. The molecule has 1 nitrogen and oxygen atoms in total. The molecule has 3 heteroatoms. The highest BCUT2D eigenvalue weighted by Gasteiger charge is 2.19. The summed E-state index contributed by atoms with van der Waals surface area (Å²) in [7, 11) is 0. The Morgan fingerprint density at radius 3 is 2.88 bits per heavy atom. The van der Waals surface area contributed by atoms with Crippen LogP contribution in [-0.4, -0.2) is 12.6 Å². The van der Waals surface area contributed by atoms with Crippen molar-refractivity contribution >= 4 is 11.6 Å². The first-order chi connectivity index (χ1) is 8.15. The second-order valence-electron chi connectivity index (χ2n) is 5.07. The molecule has 2 rings (SSSR count). The second-order valence-corrected chi connectivity index (χ2v) is 5.48. The molecule has 0 heterocycles. The van der Waals surface area contributed by atoms with Crippen molar-refractivity contribution in [1.82, 2.24) is 5.32 Å². The third-order valence-electron chi connectivity index (χ3n) is 3.22. The average molecular weight is 256 g/mol. The van der Waals surface area contributed by atoms with Crippen LogP contribution in [0.2, 0.25) is 5.02 Å². The van der Waals surface area contributed by atoms with Crippen LogP contribution in [0.1, 0.15) is 31.7 Å². The van der Waals surface area contributed by atoms with Crippen LogP contribution in [0.25, 0.3) is 0 Å². The average Bonchev–Trinajstić information content (AvgIpc) is 3.07. The molecule has 0 aromatic heterocycles. The molecule has 1 atom stereocenters. The molecule has 0 spiro atoms. The zero-order valence-electron chi connectivity index (χ0n) is 10.2. The molecule has 0 radical (unpaired) electrons. The van der Waals surface area contributed by atoms with Gasteiger partial charge in [-0.25, -0.2) is 4.39 Å². The molecule has 1 aromatic carbocycles. The summed E-state index contributed by atoms with van der Waals surface area (Å²) in [4.78, 5) is 0. The van der Waals surface area contributed by atoms with Crippen LogP contribution in [0.5, 0.6) is 0 Å². The van der Waals surface area contributed by atoms with E-state index >= 15 is 0 Å². The molecule has 1 aliphatic rings. The van der Waals surface area contributed by atoms with Gasteiger partial charge < -0.3 is 5.32 Å². The molecule has 1 aliphatic carbocycles. The van der Waals surface area contributed by atoms with Crippen molar-refractivity contribution in [3.8, 4) is 0 Å². The highest BCUT2D eigenvalue weighted by molar-refractivity contribution is 6.30. The minimum atomic E-state index is -0.313. The standard InChI is InChI=1S/C14H19ClFN/c1-10(6-7-17-12-3-4-12)8-11-2-5-13(15)14(16)9-11/h2,5,9-10,12,17H,3-4,6-8H2,1H3. The lowest BCUT2D eigenvalue weighted by molar-refractivity contribution is 0.496. The number of rotatable bonds is 6. The van der Waals surface area contributed by atoms with Crippen LogP contribution in [0.4, 0.5) is 4.39 Å². The molecule has 1 aromatic rings. The fourth-order valence-electron chi connectivity index (χ4n) is 1.99. The van der Waals surface area contributed by atoms with E-state index in [1.54, 1.807) is 12.1 Å². The Morgan fingerprint density at radius 1 is 1.47 bits per heavy atom. The summed E-state index contributed by atoms with van der Waals surface area (Å²) in [5, 5.41) is 3.70. The van der Waals surface area contributed by atoms with Crippen LogP contribution < -0.4 is 5.32 Å². The van der Waals surface area contributed by atoms with Crippen molar-refractivity contribution < 1.29 is 4.39 Å². The van der Waals surface area contributed by atoms with Crippen molar-refractivity contribution in [3.05, 3.63) is 34.6 Å². The van der Waals surface area contributed by atoms with E-state index in [2.05, 4.69) is 12.2 Å². The molecule has 17 heavy (non-hydrogen) atoms. The highest BCUT2D eigenvalue weighted by Crippen LogP contribution is 2.20. The van der Waals surface area contributed by atoms with E-state index in [1.165, 1.54) is 12.8 Å². The SMILES string of the molecule is CC(CCNC1CC1)Cc1ccc(Cl)c(F)c1. The number of hydrogen-bond donors (Lipinski definition) is 1. The van der Waals surface area contributed by atoms with Crippen molar-refractivity contribution in [2.75, 3.05) is 6.54 Å². The van der Waals surface area contributed by atoms with Crippen LogP contribution in [0.3, 0.4) is 0 Å². The summed E-state index contributed by atoms with van der Waals surface area (Å²) in [6.07, 6.45) is 4.72. The molecule has 0 saturated heterocycles. The van der Waals surface area contributed by atoms with Crippen molar-refractivity contribution in [2.45, 2.75) is 38.6 Å². The number of halogens is 2. The second kappa shape index (κ2) is 5.83. The summed E-state index contributed by atoms with van der Waals surface area (Å²) in [5.74, 6) is 0.259. The van der Waals surface area contributed by atoms with E-state index in [1.807, 2.05) is 6.07 Å². The predicted molar refractivity (Wildman–Crippen MR) is 69.9 cm³/mol. The van der Waals surface area contributed by atoms with Gasteiger partial charge in [-0.05, 0) is 55.8 Å². The predicted octanol–water partition coefficient (Wildman–Crippen LogP) is 3.80. The first-order valence-corrected chi connectivity index (χ1v) is 6.70. The van der Waals surface area contributed by atoms with Gasteiger partial charge in [0.15, 0.2) is 0 Å². The van der Waals surface area contributed by atoms with E-state index in [-0.39, 0.29) is 10.8 Å². The molecule has 94 valence electrons. The van der Waals surface area contributed by atoms with Gasteiger partial charge in [-0.2, -0.15) is 0 Å². The lowest BCUT2D eigenvalue weighted by Crippen LogP contribution is -2.20. The van der Waals surface area contributed by atoms with Crippen molar-refractivity contribution in [3.63, 3.8) is 0 Å². The van der Waals surface area contributed by atoms with Gasteiger partial charge in [0.1, 0.15) is 5.82 Å². The first-order valence-electron chi connectivity index (χ1n) is 6.32. The molecule has 1 saturated carbocycles. The Morgan fingerprint density at radius 2 is 2.24 bits per heavy atom. The maximum Gasteiger partial charge on any atom is 0.142 e. The van der Waals surface area contributed by atoms with Gasteiger partial charge >= 0.3 is 0 Å². The summed E-state index contributed by atoms with van der Waals surface area (Å²) in [6, 6.07) is 5.88. The molecule has 0 amide bonds. The molecular formula is C14H19ClFN. The third-order valence-corrected chi connectivity index (χ3v) is 3.52. The highest BCUT2D eigenvalue weighted by atomic mass is 35.5. The molecule has 1 N–H and O–H groups in total. The Labute approximate surface area is 107 Å². The zero-order valence-corrected chi connectivity index (χ0v) is 10.9. The Balaban J connectivity index is 1.75. The van der Waals surface area contributed by atoms with Gasteiger partial charge in [0.25, 0.3) is 0 Å². The fourth-order valence-corrected chi connectivity index (χ4v) is 2.11. The van der Waals surface area contributed by atoms with Crippen molar-refractivity contribution in [2.24, 2.45) is 5.92 Å². The summed E-state index contributed by atoms with van der Waals surface area (Å²) >= 11 is 5.66. The Kier molecular flexibility index (Phi) is 4.41. The van der Waals surface area contributed by atoms with Gasteiger partial charge in [-0.1, -0.05) is 24.6 Å². The number of hydrogen-bond acceptors (Lipinski definition) is 1. The summed E-state index contributed by atoms with van der Waals surface area (Å²) in [6.45, 7) is 3.28. The Bertz CT molecular complexity index is 376. The van der Waals surface area contributed by atoms with Gasteiger partial charge in [0.05, 0.1) is 5.02 Å². The van der Waals surface area contributed by atoms with Gasteiger partial charge in [0, 0.05) is 6.04 Å². The van der Waals surface area contributed by atoms with Gasteiger partial charge in [-0.3, -0.25) is 0 Å². The lowest BCUT2D eigenvalue weighted by Gasteiger charge is -2.12. The van der Waals surface area contributed by atoms with E-state index in [4.69, 9.17) is 11.6 Å². The molecule has 1 fully saturated rings. The van der Waals surface area contributed by atoms with E-state index < -0.39 is 0 Å². The fraction of sp³-hybridized carbons (Fsp3) is 0.571. The zero-order chi connectivity index (χ0) is 12.3. The van der Waals surface area contributed by atoms with E-state index in [9.17, 15) is 4.39 Å². The number of nitrogens with one attached hydrogen (secondary N) is 1. The van der Waals surface area contributed by atoms with Crippen LogP contribution in [0, 0.1) is 11.7 Å². The summed E-state index contributed by atoms with van der Waals surface area (Å²) in [5.41, 5.74) is 1.03. The number of benzene rings is 1. The quantitative estimate of drug-likeness (QED) is 0.815. The van der Waals surface area contributed by atoms with Crippen LogP contribution >= 0.6 is 11.6 Å². The van der Waals surface area contributed by atoms with Crippen LogP contribution in [-0.2, 0) is 6.42 Å². The molecule has 1 unspecified atom stereocenters. The maximum atomic E-state index is 13.3. The largest absolute Gasteiger partial charge is 0.314 e. The molecule has 0 aliphatic heterocycles. The van der Waals surface area contributed by atoms with E-state index in [0.29, 0.717) is 5.92 Å². The minimum absolute atomic E-state index is 0.205.